The molecule has 0 amide bonds. The summed E-state index contributed by atoms with van der Waals surface area (Å²) in [6, 6.07) is 0. The summed E-state index contributed by atoms with van der Waals surface area (Å²) in [5.74, 6) is 0.712. The van der Waals surface area contributed by atoms with E-state index in [1.54, 1.807) is 0 Å². The molecule has 0 spiro atoms. The Morgan fingerprint density at radius 1 is 1.25 bits per heavy atom. The lowest BCUT2D eigenvalue weighted by molar-refractivity contribution is 0.766. The number of anilines is 2. The van der Waals surface area contributed by atoms with Gasteiger partial charge in [0.25, 0.3) is 5.95 Å². The van der Waals surface area contributed by atoms with Gasteiger partial charge in [0.05, 0.1) is 6.20 Å². The number of hydrogen-bond acceptors (Lipinski definition) is 8. The molecule has 0 atom stereocenters. The van der Waals surface area contributed by atoms with Crippen LogP contribution in [0.3, 0.4) is 0 Å². The number of aromatic amines is 1. The Hall–Kier alpha value is -2.19. The van der Waals surface area contributed by atoms with E-state index in [1.165, 1.54) is 6.20 Å². The number of nitrogens with zero attached hydrogens (tertiary/aromatic N) is 7. The molecule has 60 valence electrons. The van der Waals surface area contributed by atoms with E-state index in [0.29, 0.717) is 11.8 Å². The van der Waals surface area contributed by atoms with Crippen LogP contribution in [0.2, 0.25) is 0 Å². The third-order valence-electron chi connectivity index (χ3n) is 1.01. The van der Waals surface area contributed by atoms with E-state index < -0.39 is 0 Å². The smallest absolute Gasteiger partial charge is 0.268 e. The second-order valence-electron chi connectivity index (χ2n) is 1.77. The molecule has 9 heteroatoms. The number of rotatable bonds is 2. The van der Waals surface area contributed by atoms with Gasteiger partial charge in [-0.15, -0.1) is 15.3 Å². The number of H-pyrrole nitrogens is 1. The van der Waals surface area contributed by atoms with Crippen LogP contribution >= 0.6 is 0 Å². The van der Waals surface area contributed by atoms with Gasteiger partial charge in [-0.3, -0.25) is 0 Å². The first-order valence-corrected chi connectivity index (χ1v) is 2.96. The summed E-state index contributed by atoms with van der Waals surface area (Å²) in [4.78, 5) is 0. The summed E-state index contributed by atoms with van der Waals surface area (Å²) in [5.41, 5.74) is 0. The van der Waals surface area contributed by atoms with Gasteiger partial charge in [-0.2, -0.15) is 5.21 Å². The van der Waals surface area contributed by atoms with E-state index in [0.717, 1.165) is 0 Å². The Morgan fingerprint density at radius 3 is 2.92 bits per heavy atom. The van der Waals surface area contributed by atoms with Gasteiger partial charge in [-0.25, -0.2) is 0 Å². The van der Waals surface area contributed by atoms with Crippen LogP contribution in [0.25, 0.3) is 0 Å². The van der Waals surface area contributed by atoms with E-state index in [-0.39, 0.29) is 0 Å². The van der Waals surface area contributed by atoms with Crippen molar-refractivity contribution in [2.24, 2.45) is 0 Å². The highest BCUT2D eigenvalue weighted by Gasteiger charge is 1.98. The Bertz CT molecular complexity index is 326. The van der Waals surface area contributed by atoms with E-state index in [4.69, 9.17) is 0 Å². The van der Waals surface area contributed by atoms with Gasteiger partial charge in [-0.05, 0) is 15.6 Å². The lowest BCUT2D eigenvalue weighted by Crippen LogP contribution is -1.99. The average molecular weight is 165 g/mol. The van der Waals surface area contributed by atoms with E-state index in [2.05, 4.69) is 46.6 Å². The largest absolute Gasteiger partial charge is 0.303 e. The van der Waals surface area contributed by atoms with Crippen molar-refractivity contribution >= 4 is 11.8 Å². The van der Waals surface area contributed by atoms with Crippen LogP contribution in [0.15, 0.2) is 6.20 Å². The summed E-state index contributed by atoms with van der Waals surface area (Å²) in [6.07, 6.45) is 1.39. The van der Waals surface area contributed by atoms with Gasteiger partial charge in [0.1, 0.15) is 0 Å². The van der Waals surface area contributed by atoms with Gasteiger partial charge < -0.3 is 5.32 Å². The highest BCUT2D eigenvalue weighted by Crippen LogP contribution is 2.01. The summed E-state index contributed by atoms with van der Waals surface area (Å²) >= 11 is 0. The molecular formula is C3H3N9. The monoisotopic (exact) mass is 165 g/mol. The minimum absolute atomic E-state index is 0.303. The molecule has 0 fully saturated rings. The second kappa shape index (κ2) is 2.82. The first-order valence-electron chi connectivity index (χ1n) is 2.96. The molecule has 2 aromatic heterocycles. The van der Waals surface area contributed by atoms with Crippen molar-refractivity contribution in [1.82, 2.24) is 41.2 Å². The zero-order valence-corrected chi connectivity index (χ0v) is 5.71. The molecule has 0 unspecified atom stereocenters. The van der Waals surface area contributed by atoms with Crippen LogP contribution in [0.5, 0.6) is 0 Å². The predicted octanol–water partition coefficient (Wildman–Crippen LogP) is -1.48. The minimum Gasteiger partial charge on any atom is -0.303 e. The Kier molecular flexibility index (Phi) is 1.53. The summed E-state index contributed by atoms with van der Waals surface area (Å²) in [5, 5.41) is 29.2. The Morgan fingerprint density at radius 2 is 2.25 bits per heavy atom. The fourth-order valence-corrected chi connectivity index (χ4v) is 0.584. The normalized spacial score (nSPS) is 9.67. The molecule has 0 aliphatic heterocycles. The van der Waals surface area contributed by atoms with Crippen LogP contribution in [0.1, 0.15) is 0 Å². The number of tetrazole rings is 1. The molecular weight excluding hydrogens is 162 g/mol. The standard InChI is InChI=1S/C3H3N9/c1-2(6-10-9-4-1)5-3-7-11-12-8-3/h1H,(H2,5,6,7,8,9,11,12). The molecule has 0 aliphatic carbocycles. The molecule has 0 saturated heterocycles. The molecule has 0 aliphatic rings. The number of hydrogen-bond donors (Lipinski definition) is 2. The van der Waals surface area contributed by atoms with E-state index in [9.17, 15) is 0 Å². The molecule has 12 heavy (non-hydrogen) atoms. The molecule has 0 radical (unpaired) electrons. The zero-order chi connectivity index (χ0) is 8.23. The predicted molar refractivity (Wildman–Crippen MR) is 35.1 cm³/mol. The maximum Gasteiger partial charge on any atom is 0.268 e. The lowest BCUT2D eigenvalue weighted by Gasteiger charge is -1.93. The van der Waals surface area contributed by atoms with E-state index >= 15 is 0 Å². The van der Waals surface area contributed by atoms with Crippen LogP contribution in [0.4, 0.5) is 11.8 Å². The van der Waals surface area contributed by atoms with Crippen molar-refractivity contribution in [2.75, 3.05) is 5.32 Å². The summed E-state index contributed by atoms with van der Waals surface area (Å²) < 4.78 is 0. The van der Waals surface area contributed by atoms with Crippen molar-refractivity contribution in [2.45, 2.75) is 0 Å². The first kappa shape index (κ1) is 6.52. The van der Waals surface area contributed by atoms with Crippen LogP contribution in [0, 0.1) is 0 Å². The minimum atomic E-state index is 0.303. The molecule has 2 N–H and O–H groups in total. The summed E-state index contributed by atoms with van der Waals surface area (Å²) in [7, 11) is 0. The highest BCUT2D eigenvalue weighted by atomic mass is 15.5. The highest BCUT2D eigenvalue weighted by molar-refractivity contribution is 5.42. The Balaban J connectivity index is 2.15. The van der Waals surface area contributed by atoms with Crippen LogP contribution < -0.4 is 5.32 Å². The van der Waals surface area contributed by atoms with Crippen molar-refractivity contribution in [3.8, 4) is 0 Å². The van der Waals surface area contributed by atoms with Gasteiger partial charge in [0.15, 0.2) is 5.82 Å². The number of nitrogens with one attached hydrogen (secondary N) is 2. The van der Waals surface area contributed by atoms with Gasteiger partial charge >= 0.3 is 0 Å². The van der Waals surface area contributed by atoms with E-state index in [1.807, 2.05) is 0 Å². The number of aromatic nitrogens is 8. The molecule has 0 bridgehead atoms. The first-order chi connectivity index (χ1) is 5.95. The van der Waals surface area contributed by atoms with Crippen LogP contribution in [-0.4, -0.2) is 41.2 Å². The molecule has 0 saturated carbocycles. The molecule has 0 aromatic carbocycles. The third-order valence-corrected chi connectivity index (χ3v) is 1.01. The molecule has 2 heterocycles. The molecule has 2 aromatic rings. The zero-order valence-electron chi connectivity index (χ0n) is 5.71. The van der Waals surface area contributed by atoms with Crippen LogP contribution in [-0.2, 0) is 0 Å². The topological polar surface area (TPSA) is 118 Å². The molecule has 2 rings (SSSR count). The maximum absolute atomic E-state index is 3.64. The molecule has 9 nitrogen and oxygen atoms in total. The van der Waals surface area contributed by atoms with Crippen molar-refractivity contribution in [1.29, 1.82) is 0 Å². The summed E-state index contributed by atoms with van der Waals surface area (Å²) in [6.45, 7) is 0. The van der Waals surface area contributed by atoms with Crippen molar-refractivity contribution in [3.05, 3.63) is 6.20 Å². The fourth-order valence-electron chi connectivity index (χ4n) is 0.584. The second-order valence-corrected chi connectivity index (χ2v) is 1.77. The SMILES string of the molecule is c1nnnnc1Nc1nn[nH]n1. The van der Waals surface area contributed by atoms with Gasteiger partial charge in [0, 0.05) is 0 Å². The Labute approximate surface area is 65.6 Å². The third kappa shape index (κ3) is 1.28. The van der Waals surface area contributed by atoms with Gasteiger partial charge in [-0.1, -0.05) is 5.10 Å². The van der Waals surface area contributed by atoms with Gasteiger partial charge in [0.2, 0.25) is 0 Å². The fraction of sp³-hybridized carbons (Fsp3) is 0. The average Bonchev–Trinajstić information content (AvgIpc) is 2.59. The maximum atomic E-state index is 3.64. The quantitative estimate of drug-likeness (QED) is 0.553. The lowest BCUT2D eigenvalue weighted by atomic mass is 10.7. The van der Waals surface area contributed by atoms with Crippen molar-refractivity contribution in [3.63, 3.8) is 0 Å². The van der Waals surface area contributed by atoms with Crippen molar-refractivity contribution < 1.29 is 0 Å².